The van der Waals surface area contributed by atoms with E-state index >= 15 is 0 Å². The molecule has 5 rings (SSSR count). The zero-order valence-electron chi connectivity index (χ0n) is 38.0. The Hall–Kier alpha value is -3.39. The Morgan fingerprint density at radius 1 is 0.791 bits per heavy atom. The minimum Gasteiger partial charge on any atom is -0.304 e. The van der Waals surface area contributed by atoms with Crippen molar-refractivity contribution in [2.45, 2.75) is 73.3 Å². The molecular formula is C40H44IrN2-2. The van der Waals surface area contributed by atoms with Crippen molar-refractivity contribution in [3.63, 3.8) is 0 Å². The number of aromatic nitrogens is 2. The fourth-order valence-electron chi connectivity index (χ4n) is 4.08. The van der Waals surface area contributed by atoms with Crippen LogP contribution < -0.4 is 0 Å². The van der Waals surface area contributed by atoms with Gasteiger partial charge in [0.05, 0.1) is 0 Å². The van der Waals surface area contributed by atoms with E-state index in [1.165, 1.54) is 36.7 Å². The summed E-state index contributed by atoms with van der Waals surface area (Å²) in [4.78, 5) is 8.49. The van der Waals surface area contributed by atoms with E-state index in [1.807, 2.05) is 18.2 Å². The number of rotatable bonds is 6. The zero-order chi connectivity index (χ0) is 41.4. The van der Waals surface area contributed by atoms with Crippen LogP contribution in [-0.4, -0.2) is 9.97 Å². The van der Waals surface area contributed by atoms with Gasteiger partial charge in [0.15, 0.2) is 0 Å². The van der Waals surface area contributed by atoms with Gasteiger partial charge < -0.3 is 9.97 Å². The Kier molecular flexibility index (Phi) is 7.08. The molecule has 225 valence electrons. The molecule has 0 aliphatic carbocycles. The standard InChI is InChI=1S/C23H24N.C17H20N.Ir/c1-17-16-24-22(15-20(17)13-18-9-6-5-7-10-18)19-11-8-12-21(14-19)23(2,3)4;1-12(2)9-16-10-17(18-11-14(16)4)15-7-5-13(3)6-8-15;/h5-10,12,14-16H,13H2,1-4H3;5-7,10-12H,9H2,1-4H3;/q2*-1;/i1D3,13D2;3D3,4D3,9D2;. The Bertz CT molecular complexity index is 2080. The number of pyridine rings is 2. The van der Waals surface area contributed by atoms with Crippen molar-refractivity contribution < 1.29 is 37.9 Å². The monoisotopic (exact) mass is 758 g/mol. The normalized spacial score (nSPS) is 17.0. The zero-order valence-corrected chi connectivity index (χ0v) is 27.4. The Balaban J connectivity index is 0.000000297. The first-order valence-corrected chi connectivity index (χ1v) is 13.8. The number of hydrogen-bond donors (Lipinski definition) is 0. The summed E-state index contributed by atoms with van der Waals surface area (Å²) < 4.78 is 103. The number of hydrogen-bond acceptors (Lipinski definition) is 2. The smallest absolute Gasteiger partial charge is 0.0366 e. The fourth-order valence-corrected chi connectivity index (χ4v) is 4.08. The average Bonchev–Trinajstić information content (AvgIpc) is 3.10. The van der Waals surface area contributed by atoms with Crippen LogP contribution in [0.3, 0.4) is 0 Å². The van der Waals surface area contributed by atoms with E-state index in [9.17, 15) is 0 Å². The predicted octanol–water partition coefficient (Wildman–Crippen LogP) is 10.1. The van der Waals surface area contributed by atoms with Gasteiger partial charge in [0.2, 0.25) is 0 Å². The molecule has 1 radical (unpaired) electrons. The van der Waals surface area contributed by atoms with Crippen LogP contribution in [0, 0.1) is 38.6 Å². The summed E-state index contributed by atoms with van der Waals surface area (Å²) in [5.74, 6) is -0.444. The van der Waals surface area contributed by atoms with Crippen molar-refractivity contribution in [2.75, 3.05) is 0 Å². The van der Waals surface area contributed by atoms with Crippen molar-refractivity contribution in [3.05, 3.63) is 142 Å². The molecule has 2 nitrogen and oxygen atoms in total. The predicted molar refractivity (Wildman–Crippen MR) is 178 cm³/mol. The second-order valence-corrected chi connectivity index (χ2v) is 11.3. The van der Waals surface area contributed by atoms with Crippen molar-refractivity contribution >= 4 is 0 Å². The van der Waals surface area contributed by atoms with Crippen molar-refractivity contribution in [2.24, 2.45) is 5.92 Å². The fraction of sp³-hybridized carbons (Fsp3) is 0.300. The molecule has 0 unspecified atom stereocenters. The number of benzene rings is 3. The van der Waals surface area contributed by atoms with E-state index in [-0.39, 0.29) is 53.3 Å². The third kappa shape index (κ3) is 9.82. The van der Waals surface area contributed by atoms with E-state index in [4.69, 9.17) is 17.8 Å². The van der Waals surface area contributed by atoms with Crippen molar-refractivity contribution in [1.82, 2.24) is 9.97 Å². The van der Waals surface area contributed by atoms with Gasteiger partial charge in [-0.2, -0.15) is 0 Å². The molecule has 0 atom stereocenters. The van der Waals surface area contributed by atoms with Crippen molar-refractivity contribution in [1.29, 1.82) is 0 Å². The molecule has 2 heterocycles. The molecule has 2 aromatic heterocycles. The Labute approximate surface area is 291 Å². The molecule has 0 bridgehead atoms. The van der Waals surface area contributed by atoms with Gasteiger partial charge >= 0.3 is 0 Å². The second-order valence-electron chi connectivity index (χ2n) is 11.3. The minimum absolute atomic E-state index is 0. The Morgan fingerprint density at radius 3 is 2.07 bits per heavy atom. The van der Waals surface area contributed by atoms with Crippen LogP contribution in [0.1, 0.15) is 91.4 Å². The molecule has 3 heteroatoms. The molecule has 0 N–H and O–H groups in total. The summed E-state index contributed by atoms with van der Waals surface area (Å²) >= 11 is 0. The Morgan fingerprint density at radius 2 is 1.47 bits per heavy atom. The van der Waals surface area contributed by atoms with Crippen LogP contribution in [0.25, 0.3) is 22.5 Å². The first-order valence-electron chi connectivity index (χ1n) is 20.3. The van der Waals surface area contributed by atoms with Gasteiger partial charge in [-0.1, -0.05) is 89.5 Å². The molecule has 0 saturated heterocycles. The first kappa shape index (κ1) is 19.8. The quantitative estimate of drug-likeness (QED) is 0.161. The van der Waals surface area contributed by atoms with Gasteiger partial charge in [-0.15, -0.1) is 70.8 Å². The van der Waals surface area contributed by atoms with Gasteiger partial charge in [0.25, 0.3) is 0 Å². The van der Waals surface area contributed by atoms with E-state index in [2.05, 4.69) is 42.9 Å². The molecule has 0 saturated carbocycles. The molecule has 0 aliphatic heterocycles. The van der Waals surface area contributed by atoms with Crippen LogP contribution in [0.2, 0.25) is 0 Å². The van der Waals surface area contributed by atoms with Gasteiger partial charge in [-0.05, 0) is 71.4 Å². The summed E-state index contributed by atoms with van der Waals surface area (Å²) in [6.07, 6.45) is -1.40. The molecule has 0 aliphatic rings. The molecule has 3 aromatic carbocycles. The summed E-state index contributed by atoms with van der Waals surface area (Å²) in [5, 5.41) is 0. The topological polar surface area (TPSA) is 25.8 Å². The SMILES string of the molecule is [2H]C([2H])([2H])c1c[c-]c(-c2cc(C([2H])([2H])C(C)C)c(C([2H])([2H])[2H])cn2)cc1.[2H]C([2H])([2H])c1cnc(-c2[c-]ccc(C(C)(C)C)c2)cc1C([2H])([2H])c1ccccc1.[Ir]. The first-order chi connectivity index (χ1) is 25.1. The summed E-state index contributed by atoms with van der Waals surface area (Å²) in [6.45, 7) is 2.48. The van der Waals surface area contributed by atoms with E-state index < -0.39 is 39.2 Å². The summed E-state index contributed by atoms with van der Waals surface area (Å²) in [5.41, 5.74) is 3.54. The minimum atomic E-state index is -2.49. The van der Waals surface area contributed by atoms with Crippen LogP contribution in [0.4, 0.5) is 0 Å². The molecule has 0 spiro atoms. The van der Waals surface area contributed by atoms with Crippen LogP contribution in [0.15, 0.2) is 91.3 Å². The number of nitrogens with zero attached hydrogens (tertiary/aromatic N) is 2. The maximum Gasteiger partial charge on any atom is 0.0366 e. The molecule has 43 heavy (non-hydrogen) atoms. The summed E-state index contributed by atoms with van der Waals surface area (Å²) in [7, 11) is 0. The number of aryl methyl sites for hydroxylation is 3. The van der Waals surface area contributed by atoms with Gasteiger partial charge in [-0.25, -0.2) is 0 Å². The summed E-state index contributed by atoms with van der Waals surface area (Å²) in [6, 6.07) is 27.7. The molecular weight excluding hydrogens is 701 g/mol. The van der Waals surface area contributed by atoms with Gasteiger partial charge in [0.1, 0.15) is 0 Å². The van der Waals surface area contributed by atoms with E-state index in [1.54, 1.807) is 50.2 Å². The van der Waals surface area contributed by atoms with Crippen LogP contribution in [-0.2, 0) is 38.3 Å². The van der Waals surface area contributed by atoms with E-state index in [0.717, 1.165) is 5.56 Å². The van der Waals surface area contributed by atoms with Crippen molar-refractivity contribution in [3.8, 4) is 22.5 Å². The average molecular weight is 758 g/mol. The van der Waals surface area contributed by atoms with E-state index in [0.29, 0.717) is 28.1 Å². The molecule has 5 aromatic rings. The maximum atomic E-state index is 8.71. The molecule has 0 amide bonds. The van der Waals surface area contributed by atoms with Crippen LogP contribution in [0.5, 0.6) is 0 Å². The third-order valence-electron chi connectivity index (χ3n) is 6.34. The van der Waals surface area contributed by atoms with Crippen LogP contribution >= 0.6 is 0 Å². The maximum absolute atomic E-state index is 8.71. The van der Waals surface area contributed by atoms with Gasteiger partial charge in [0, 0.05) is 50.3 Å². The molecule has 0 fully saturated rings. The third-order valence-corrected chi connectivity index (χ3v) is 6.34. The van der Waals surface area contributed by atoms with Gasteiger partial charge in [-0.3, -0.25) is 0 Å². The second kappa shape index (κ2) is 15.4. The largest absolute Gasteiger partial charge is 0.304 e.